The smallest absolute Gasteiger partial charge is 0.295 e. The number of fused-ring (bicyclic) bond motifs is 1. The average molecular weight is 648 g/mol. The van der Waals surface area contributed by atoms with Crippen LogP contribution in [0, 0.1) is 13.8 Å². The predicted octanol–water partition coefficient (Wildman–Crippen LogP) is 7.07. The lowest BCUT2D eigenvalue weighted by atomic mass is 10.1. The van der Waals surface area contributed by atoms with Gasteiger partial charge >= 0.3 is 0 Å². The summed E-state index contributed by atoms with van der Waals surface area (Å²) in [5.41, 5.74) is 5.26. The maximum absolute atomic E-state index is 13.9. The number of hydrogen-bond acceptors (Lipinski definition) is 7. The Morgan fingerprint density at radius 1 is 1.00 bits per heavy atom. The SMILES string of the molecule is COc1c(Nc2cc(Nc3ccc(C)c(C)n3)nc3c2nc(C(F)F)n3PI)cccc1-c1ccn(C)n1. The summed E-state index contributed by atoms with van der Waals surface area (Å²) < 4.78 is 36.7. The van der Waals surface area contributed by atoms with Gasteiger partial charge in [0.05, 0.1) is 30.6 Å². The Hall–Kier alpha value is -3.38. The van der Waals surface area contributed by atoms with Gasteiger partial charge in [-0.15, -0.1) is 0 Å². The summed E-state index contributed by atoms with van der Waals surface area (Å²) in [6, 6.07) is 13.1. The van der Waals surface area contributed by atoms with Crippen molar-refractivity contribution >= 4 is 62.6 Å². The molecule has 0 saturated heterocycles. The number of imidazole rings is 1. The van der Waals surface area contributed by atoms with Gasteiger partial charge in [-0.2, -0.15) is 5.10 Å². The summed E-state index contributed by atoms with van der Waals surface area (Å²) >= 11 is 2.06. The normalized spacial score (nSPS) is 11.7. The first kappa shape index (κ1) is 26.2. The maximum atomic E-state index is 13.9. The van der Waals surface area contributed by atoms with E-state index in [2.05, 4.69) is 52.7 Å². The van der Waals surface area contributed by atoms with Gasteiger partial charge in [-0.25, -0.2) is 23.7 Å². The molecule has 0 spiro atoms. The second kappa shape index (κ2) is 10.8. The van der Waals surface area contributed by atoms with Crippen LogP contribution >= 0.6 is 28.4 Å². The van der Waals surface area contributed by atoms with Crippen LogP contribution in [0.15, 0.2) is 48.7 Å². The Morgan fingerprint density at radius 2 is 1.82 bits per heavy atom. The molecule has 0 fully saturated rings. The average Bonchev–Trinajstić information content (AvgIpc) is 3.49. The van der Waals surface area contributed by atoms with Crippen molar-refractivity contribution in [3.63, 3.8) is 0 Å². The molecular weight excluding hydrogens is 624 g/mol. The topological polar surface area (TPSA) is 94.7 Å². The van der Waals surface area contributed by atoms with Crippen LogP contribution in [0.3, 0.4) is 0 Å². The molecule has 1 atom stereocenters. The van der Waals surface area contributed by atoms with Gasteiger partial charge in [-0.3, -0.25) is 9.02 Å². The zero-order valence-corrected chi connectivity index (χ0v) is 24.1. The van der Waals surface area contributed by atoms with Crippen LogP contribution in [-0.4, -0.2) is 36.2 Å². The number of hydrogen-bond donors (Lipinski definition) is 2. The third-order valence-corrected chi connectivity index (χ3v) is 8.06. The first-order valence-corrected chi connectivity index (χ1v) is 15.6. The fourth-order valence-electron chi connectivity index (χ4n) is 4.05. The highest BCUT2D eigenvalue weighted by Crippen LogP contribution is 2.41. The van der Waals surface area contributed by atoms with E-state index in [9.17, 15) is 8.78 Å². The highest BCUT2D eigenvalue weighted by Gasteiger charge is 2.23. The molecule has 0 radical (unpaired) electrons. The van der Waals surface area contributed by atoms with E-state index in [1.54, 1.807) is 17.9 Å². The van der Waals surface area contributed by atoms with Crippen LogP contribution < -0.4 is 15.4 Å². The number of nitrogens with zero attached hydrogens (tertiary/aromatic N) is 6. The Balaban J connectivity index is 1.65. The largest absolute Gasteiger partial charge is 0.494 e. The van der Waals surface area contributed by atoms with Gasteiger partial charge in [0.2, 0.25) is 0 Å². The minimum atomic E-state index is -2.75. The number of anilines is 4. The van der Waals surface area contributed by atoms with Crippen molar-refractivity contribution in [2.24, 2.45) is 7.05 Å². The molecule has 5 rings (SSSR count). The second-order valence-corrected chi connectivity index (χ2v) is 10.6. The van der Waals surface area contributed by atoms with Crippen molar-refractivity contribution in [2.75, 3.05) is 17.7 Å². The van der Waals surface area contributed by atoms with Crippen molar-refractivity contribution in [2.45, 2.75) is 20.3 Å². The van der Waals surface area contributed by atoms with Gasteiger partial charge in [-0.1, -0.05) is 12.1 Å². The van der Waals surface area contributed by atoms with E-state index in [4.69, 9.17) is 4.74 Å². The Kier molecular flexibility index (Phi) is 7.44. The number of para-hydroxylation sites is 1. The molecule has 0 amide bonds. The van der Waals surface area contributed by atoms with E-state index in [0.29, 0.717) is 39.9 Å². The summed E-state index contributed by atoms with van der Waals surface area (Å²) in [7, 11) is 3.42. The predicted molar refractivity (Wildman–Crippen MR) is 156 cm³/mol. The minimum absolute atomic E-state index is 0.0209. The molecule has 0 aliphatic heterocycles. The summed E-state index contributed by atoms with van der Waals surface area (Å²) in [5.74, 6) is 1.26. The van der Waals surface area contributed by atoms with Crippen molar-refractivity contribution in [1.82, 2.24) is 29.1 Å². The van der Waals surface area contributed by atoms with Crippen LogP contribution in [0.4, 0.5) is 31.8 Å². The third kappa shape index (κ3) is 5.02. The fraction of sp³-hybridized carbons (Fsp3) is 0.200. The number of methoxy groups -OCH3 is 1. The number of halogens is 3. The minimum Gasteiger partial charge on any atom is -0.494 e. The molecule has 0 aliphatic carbocycles. The zero-order valence-electron chi connectivity index (χ0n) is 20.9. The van der Waals surface area contributed by atoms with E-state index in [0.717, 1.165) is 22.5 Å². The first-order chi connectivity index (χ1) is 18.3. The van der Waals surface area contributed by atoms with Crippen molar-refractivity contribution in [1.29, 1.82) is 0 Å². The van der Waals surface area contributed by atoms with Crippen molar-refractivity contribution < 1.29 is 13.5 Å². The number of nitrogens with one attached hydrogen (secondary N) is 2. The Labute approximate surface area is 232 Å². The third-order valence-electron chi connectivity index (χ3n) is 6.01. The molecule has 1 aromatic carbocycles. The molecule has 5 aromatic rings. The number of aromatic nitrogens is 6. The number of pyridine rings is 2. The molecule has 4 aromatic heterocycles. The molecule has 13 heteroatoms. The highest BCUT2D eigenvalue weighted by molar-refractivity contribution is 14.2. The fourth-order valence-corrected chi connectivity index (χ4v) is 5.94. The van der Waals surface area contributed by atoms with Crippen molar-refractivity contribution in [3.8, 4) is 17.0 Å². The quantitative estimate of drug-likeness (QED) is 0.137. The Morgan fingerprint density at radius 3 is 2.47 bits per heavy atom. The maximum Gasteiger partial charge on any atom is 0.295 e. The van der Waals surface area contributed by atoms with Crippen LogP contribution in [0.5, 0.6) is 5.75 Å². The van der Waals surface area contributed by atoms with E-state index in [1.807, 2.05) is 63.5 Å². The van der Waals surface area contributed by atoms with Gasteiger partial charge in [0.25, 0.3) is 6.43 Å². The van der Waals surface area contributed by atoms with Crippen molar-refractivity contribution in [3.05, 3.63) is 65.7 Å². The van der Waals surface area contributed by atoms with Gasteiger partial charge in [0, 0.05) is 30.6 Å². The second-order valence-electron chi connectivity index (χ2n) is 8.53. The number of alkyl halides is 2. The lowest BCUT2D eigenvalue weighted by Gasteiger charge is -2.16. The van der Waals surface area contributed by atoms with Crippen LogP contribution in [0.1, 0.15) is 23.5 Å². The number of benzene rings is 1. The zero-order chi connectivity index (χ0) is 27.0. The molecule has 1 unspecified atom stereocenters. The first-order valence-electron chi connectivity index (χ1n) is 11.5. The van der Waals surface area contributed by atoms with E-state index in [1.165, 1.54) is 4.34 Å². The van der Waals surface area contributed by atoms with Crippen LogP contribution in [0.2, 0.25) is 0 Å². The number of ether oxygens (including phenoxy) is 1. The molecule has 4 heterocycles. The standard InChI is InChI=1S/C25H24F2IN8OP/c1-13-8-9-19(29-14(13)2)31-20-12-18(21-24(32-20)36(38-28)25(33-21)23(26)27)30-17-7-5-6-15(22(17)37-4)16-10-11-35(3)34-16/h5-12,23,38H,1-4H3,(H2,29,30,31,32). The molecule has 2 N–H and O–H groups in total. The molecule has 0 saturated carbocycles. The summed E-state index contributed by atoms with van der Waals surface area (Å²) in [4.78, 5) is 13.5. The summed E-state index contributed by atoms with van der Waals surface area (Å²) in [5, 5.41) is 11.1. The molecule has 196 valence electrons. The molecule has 9 nitrogen and oxygen atoms in total. The van der Waals surface area contributed by atoms with Gasteiger partial charge < -0.3 is 15.4 Å². The van der Waals surface area contributed by atoms with E-state index < -0.39 is 6.43 Å². The Bertz CT molecular complexity index is 1640. The lowest BCUT2D eigenvalue weighted by molar-refractivity contribution is 0.140. The lowest BCUT2D eigenvalue weighted by Crippen LogP contribution is -2.02. The van der Waals surface area contributed by atoms with Gasteiger partial charge in [0.1, 0.15) is 17.2 Å². The summed E-state index contributed by atoms with van der Waals surface area (Å²) in [6.07, 6.45) is -0.921. The highest BCUT2D eigenvalue weighted by atomic mass is 127. The van der Waals surface area contributed by atoms with Gasteiger partial charge in [-0.05, 0) is 65.7 Å². The summed E-state index contributed by atoms with van der Waals surface area (Å²) in [6.45, 7) is 3.91. The molecule has 0 aliphatic rings. The molecule has 0 bridgehead atoms. The van der Waals surface area contributed by atoms with E-state index in [-0.39, 0.29) is 12.2 Å². The van der Waals surface area contributed by atoms with Gasteiger partial charge in [0.15, 0.2) is 17.2 Å². The van der Waals surface area contributed by atoms with Crippen LogP contribution in [0.25, 0.3) is 22.4 Å². The molecule has 38 heavy (non-hydrogen) atoms. The van der Waals surface area contributed by atoms with E-state index >= 15 is 0 Å². The molecular formula is C25H24F2IN8OP. The van der Waals surface area contributed by atoms with Crippen LogP contribution in [-0.2, 0) is 7.05 Å². The number of aryl methyl sites for hydroxylation is 3. The monoisotopic (exact) mass is 648 g/mol. The number of rotatable bonds is 8.